The van der Waals surface area contributed by atoms with E-state index in [-0.39, 0.29) is 50.5 Å². The number of carbonyl (C=O) groups is 5. The summed E-state index contributed by atoms with van der Waals surface area (Å²) in [4.78, 5) is 66.6. The average molecular weight is 598 g/mol. The molecule has 2 aromatic rings. The Morgan fingerprint density at radius 1 is 0.791 bits per heavy atom. The van der Waals surface area contributed by atoms with Gasteiger partial charge in [0.2, 0.25) is 23.6 Å². The summed E-state index contributed by atoms with van der Waals surface area (Å²) in [5.41, 5.74) is 12.2. The number of nitrogens with one attached hydrogen (secondary N) is 4. The molecular weight excluding hydrogens is 558 g/mol. The first-order valence-electron chi connectivity index (χ1n) is 13.7. The van der Waals surface area contributed by atoms with Crippen LogP contribution in [-0.2, 0) is 36.8 Å². The predicted molar refractivity (Wildman–Crippen MR) is 159 cm³/mol. The molecule has 0 saturated heterocycles. The largest absolute Gasteiger partial charge is 0.508 e. The molecule has 0 unspecified atom stereocenters. The number of aromatic hydroxyl groups is 1. The van der Waals surface area contributed by atoms with Gasteiger partial charge in [-0.1, -0.05) is 42.5 Å². The number of hydrogen-bond acceptors (Lipinski definition) is 7. The zero-order valence-corrected chi connectivity index (χ0v) is 23.9. The van der Waals surface area contributed by atoms with Gasteiger partial charge in [0.05, 0.1) is 6.42 Å². The number of nitrogens with two attached hydrogens (primary N) is 2. The molecule has 10 N–H and O–H groups in total. The van der Waals surface area contributed by atoms with Crippen molar-refractivity contribution in [3.63, 3.8) is 0 Å². The van der Waals surface area contributed by atoms with Crippen LogP contribution < -0.4 is 32.7 Å². The van der Waals surface area contributed by atoms with Crippen molar-refractivity contribution in [1.82, 2.24) is 21.3 Å². The van der Waals surface area contributed by atoms with Crippen molar-refractivity contribution in [2.45, 2.75) is 57.2 Å². The summed E-state index contributed by atoms with van der Waals surface area (Å²) < 4.78 is 0. The van der Waals surface area contributed by atoms with Gasteiger partial charge in [0.1, 0.15) is 23.9 Å². The second kappa shape index (κ2) is 17.6. The van der Waals surface area contributed by atoms with E-state index in [1.165, 1.54) is 19.1 Å². The third kappa shape index (κ3) is 13.4. The smallest absolute Gasteiger partial charge is 0.305 e. The quantitative estimate of drug-likeness (QED) is 0.0652. The lowest BCUT2D eigenvalue weighted by molar-refractivity contribution is -0.137. The van der Waals surface area contributed by atoms with Crippen LogP contribution in [0.5, 0.6) is 5.75 Å². The molecule has 43 heavy (non-hydrogen) atoms. The summed E-state index contributed by atoms with van der Waals surface area (Å²) in [5.74, 6) is -3.55. The van der Waals surface area contributed by atoms with E-state index in [1.807, 2.05) is 0 Å². The predicted octanol–water partition coefficient (Wildman–Crippen LogP) is -0.704. The number of benzene rings is 2. The van der Waals surface area contributed by atoms with E-state index in [0.29, 0.717) is 12.0 Å². The van der Waals surface area contributed by atoms with E-state index in [1.54, 1.807) is 42.5 Å². The van der Waals surface area contributed by atoms with Crippen LogP contribution >= 0.6 is 0 Å². The highest BCUT2D eigenvalue weighted by molar-refractivity contribution is 5.94. The molecule has 0 spiro atoms. The summed E-state index contributed by atoms with van der Waals surface area (Å²) in [5, 5.41) is 28.9. The number of phenols is 1. The average Bonchev–Trinajstić information content (AvgIpc) is 2.94. The maximum absolute atomic E-state index is 13.5. The number of carboxylic acid groups (broad SMARTS) is 1. The number of carboxylic acids is 1. The van der Waals surface area contributed by atoms with Gasteiger partial charge in [-0.2, -0.15) is 0 Å². The number of hydrogen-bond donors (Lipinski definition) is 8. The second-order valence-electron chi connectivity index (χ2n) is 9.82. The summed E-state index contributed by atoms with van der Waals surface area (Å²) in [6.45, 7) is 1.30. The van der Waals surface area contributed by atoms with Gasteiger partial charge < -0.3 is 42.9 Å². The first-order chi connectivity index (χ1) is 20.4. The Bertz CT molecular complexity index is 1270. The number of aliphatic imine (C=N–C) groups is 1. The van der Waals surface area contributed by atoms with Gasteiger partial charge in [0.25, 0.3) is 0 Å². The van der Waals surface area contributed by atoms with Crippen LogP contribution in [-0.4, -0.2) is 77.0 Å². The van der Waals surface area contributed by atoms with Crippen LogP contribution in [0.4, 0.5) is 0 Å². The molecule has 0 aliphatic rings. The Morgan fingerprint density at radius 2 is 1.35 bits per heavy atom. The molecule has 14 nitrogen and oxygen atoms in total. The van der Waals surface area contributed by atoms with Crippen LogP contribution in [0.1, 0.15) is 37.3 Å². The zero-order chi connectivity index (χ0) is 31.8. The fourth-order valence-electron chi connectivity index (χ4n) is 4.11. The summed E-state index contributed by atoms with van der Waals surface area (Å²) in [7, 11) is 0. The third-order valence-electron chi connectivity index (χ3n) is 6.20. The monoisotopic (exact) mass is 597 g/mol. The summed E-state index contributed by atoms with van der Waals surface area (Å²) >= 11 is 0. The van der Waals surface area contributed by atoms with Crippen LogP contribution in [0.3, 0.4) is 0 Å². The molecule has 2 rings (SSSR count). The summed E-state index contributed by atoms with van der Waals surface area (Å²) in [6, 6.07) is 11.8. The van der Waals surface area contributed by atoms with E-state index in [2.05, 4.69) is 26.3 Å². The Balaban J connectivity index is 2.26. The molecule has 4 amide bonds. The van der Waals surface area contributed by atoms with E-state index >= 15 is 0 Å². The number of carbonyl (C=O) groups excluding carboxylic acids is 4. The maximum atomic E-state index is 13.5. The van der Waals surface area contributed by atoms with Crippen molar-refractivity contribution in [2.24, 2.45) is 16.5 Å². The maximum Gasteiger partial charge on any atom is 0.305 e. The van der Waals surface area contributed by atoms with Crippen LogP contribution in [0.25, 0.3) is 0 Å². The van der Waals surface area contributed by atoms with Gasteiger partial charge in [0, 0.05) is 32.9 Å². The first kappa shape index (κ1) is 34.1. The SMILES string of the molecule is CC(=O)N[C@@H](Cc1ccc(O)cc1)C(=O)N[C@H](CCCN=C(N)N)C(=O)N[C@@H](Cc1ccccc1)C(=O)NCCC(=O)O. The van der Waals surface area contributed by atoms with Crippen molar-refractivity contribution >= 4 is 35.6 Å². The lowest BCUT2D eigenvalue weighted by Gasteiger charge is -2.25. The molecule has 0 radical (unpaired) electrons. The number of guanidine groups is 1. The van der Waals surface area contributed by atoms with Gasteiger partial charge in [0.15, 0.2) is 5.96 Å². The molecule has 14 heteroatoms. The normalized spacial score (nSPS) is 12.6. The van der Waals surface area contributed by atoms with Crippen molar-refractivity contribution < 1.29 is 34.2 Å². The van der Waals surface area contributed by atoms with Crippen molar-refractivity contribution in [3.8, 4) is 5.75 Å². The lowest BCUT2D eigenvalue weighted by Crippen LogP contribution is -2.57. The molecule has 0 fully saturated rings. The van der Waals surface area contributed by atoms with Crippen molar-refractivity contribution in [3.05, 3.63) is 65.7 Å². The second-order valence-corrected chi connectivity index (χ2v) is 9.82. The highest BCUT2D eigenvalue weighted by Gasteiger charge is 2.29. The molecule has 3 atom stereocenters. The van der Waals surface area contributed by atoms with Gasteiger partial charge in [-0.3, -0.25) is 29.0 Å². The minimum absolute atomic E-state index is 0.0406. The molecule has 0 saturated carbocycles. The summed E-state index contributed by atoms with van der Waals surface area (Å²) in [6.07, 6.45) is 0.283. The van der Waals surface area contributed by atoms with Gasteiger partial charge in [-0.25, -0.2) is 0 Å². The Morgan fingerprint density at radius 3 is 1.93 bits per heavy atom. The number of aliphatic carboxylic acids is 1. The molecule has 0 aliphatic heterocycles. The molecule has 0 heterocycles. The van der Waals surface area contributed by atoms with Crippen molar-refractivity contribution in [2.75, 3.05) is 13.1 Å². The van der Waals surface area contributed by atoms with E-state index in [4.69, 9.17) is 16.6 Å². The van der Waals surface area contributed by atoms with E-state index < -0.39 is 47.7 Å². The Hall–Kier alpha value is -5.14. The van der Waals surface area contributed by atoms with Crippen LogP contribution in [0.2, 0.25) is 0 Å². The molecule has 0 aliphatic carbocycles. The van der Waals surface area contributed by atoms with E-state index in [9.17, 15) is 29.1 Å². The van der Waals surface area contributed by atoms with Gasteiger partial charge in [-0.05, 0) is 36.1 Å². The first-order valence-corrected chi connectivity index (χ1v) is 13.7. The zero-order valence-electron chi connectivity index (χ0n) is 23.9. The minimum atomic E-state index is -1.14. The number of amides is 4. The fourth-order valence-corrected chi connectivity index (χ4v) is 4.11. The highest BCUT2D eigenvalue weighted by Crippen LogP contribution is 2.12. The van der Waals surface area contributed by atoms with Crippen molar-refractivity contribution in [1.29, 1.82) is 0 Å². The molecular formula is C29H39N7O7. The van der Waals surface area contributed by atoms with Crippen LogP contribution in [0.15, 0.2) is 59.6 Å². The Labute approximate surface area is 249 Å². The molecule has 2 aromatic carbocycles. The number of rotatable bonds is 17. The highest BCUT2D eigenvalue weighted by atomic mass is 16.4. The van der Waals surface area contributed by atoms with Crippen LogP contribution in [0, 0.1) is 0 Å². The van der Waals surface area contributed by atoms with Gasteiger partial charge >= 0.3 is 5.97 Å². The molecule has 232 valence electrons. The van der Waals surface area contributed by atoms with Gasteiger partial charge in [-0.15, -0.1) is 0 Å². The minimum Gasteiger partial charge on any atom is -0.508 e. The molecule has 0 bridgehead atoms. The van der Waals surface area contributed by atoms with E-state index in [0.717, 1.165) is 5.56 Å². The number of nitrogens with zero attached hydrogens (tertiary/aromatic N) is 1. The third-order valence-corrected chi connectivity index (χ3v) is 6.20. The molecule has 0 aromatic heterocycles. The Kier molecular flexibility index (Phi) is 14.0. The lowest BCUT2D eigenvalue weighted by atomic mass is 10.0. The fraction of sp³-hybridized carbons (Fsp3) is 0.379. The topological polar surface area (TPSA) is 238 Å². The standard InChI is InChI=1S/C29H39N7O7/c1-18(37)34-24(17-20-9-11-21(38)12-10-20)28(43)35-22(8-5-14-33-29(30)31)27(42)36-23(16-19-6-3-2-4-7-19)26(41)32-15-13-25(39)40/h2-4,6-7,9-12,22-24,38H,5,8,13-17H2,1H3,(H,32,41)(H,34,37)(H,35,43)(H,36,42)(H,39,40)(H4,30,31,33)/t22-,23+,24+/m1/s1. The number of phenolic OH excluding ortho intramolecular Hbond substituents is 1.